The van der Waals surface area contributed by atoms with Crippen LogP contribution in [0.5, 0.6) is 0 Å². The quantitative estimate of drug-likeness (QED) is 0.172. The first-order valence-corrected chi connectivity index (χ1v) is 19.7. The summed E-state index contributed by atoms with van der Waals surface area (Å²) in [5.74, 6) is 0. The molecule has 0 aliphatic rings. The average molecular weight is 717 g/mol. The van der Waals surface area contributed by atoms with Crippen LogP contribution in [0.15, 0.2) is 194 Å². The number of para-hydroxylation sites is 3. The lowest BCUT2D eigenvalue weighted by atomic mass is 9.94. The van der Waals surface area contributed by atoms with Crippen LogP contribution in [0.1, 0.15) is 0 Å². The Morgan fingerprint density at radius 3 is 1.75 bits per heavy atom. The van der Waals surface area contributed by atoms with E-state index >= 15 is 0 Å². The summed E-state index contributed by atoms with van der Waals surface area (Å²) >= 11 is 1.87. The van der Waals surface area contributed by atoms with E-state index in [1.54, 1.807) is 0 Å². The van der Waals surface area contributed by atoms with Gasteiger partial charge in [0.2, 0.25) is 0 Å². The van der Waals surface area contributed by atoms with E-state index in [-0.39, 0.29) is 0 Å². The molecule has 12 rings (SSSR count). The van der Waals surface area contributed by atoms with Crippen LogP contribution in [0, 0.1) is 0 Å². The van der Waals surface area contributed by atoms with Gasteiger partial charge in [0.1, 0.15) is 0 Å². The summed E-state index contributed by atoms with van der Waals surface area (Å²) in [5, 5.41) is 10.2. The van der Waals surface area contributed by atoms with Crippen molar-refractivity contribution in [3.8, 4) is 33.6 Å². The number of nitrogens with zero attached hydrogens (tertiary/aromatic N) is 2. The van der Waals surface area contributed by atoms with Crippen molar-refractivity contribution in [3.05, 3.63) is 194 Å². The summed E-state index contributed by atoms with van der Waals surface area (Å²) in [7, 11) is 0. The van der Waals surface area contributed by atoms with Gasteiger partial charge in [0.05, 0.1) is 27.8 Å². The van der Waals surface area contributed by atoms with Crippen molar-refractivity contribution in [3.63, 3.8) is 0 Å². The Kier molecular flexibility index (Phi) is 6.54. The van der Waals surface area contributed by atoms with Crippen molar-refractivity contribution in [2.24, 2.45) is 0 Å². The smallest absolute Gasteiger partial charge is 0.0547 e. The van der Waals surface area contributed by atoms with E-state index in [1.807, 2.05) is 11.3 Å². The Labute approximate surface area is 321 Å². The lowest BCUT2D eigenvalue weighted by Crippen LogP contribution is -1.96. The molecule has 55 heavy (non-hydrogen) atoms. The van der Waals surface area contributed by atoms with E-state index in [9.17, 15) is 0 Å². The summed E-state index contributed by atoms with van der Waals surface area (Å²) in [5.41, 5.74) is 12.2. The number of hydrogen-bond donors (Lipinski definition) is 0. The number of fused-ring (bicyclic) bond motifs is 10. The molecule has 3 aromatic heterocycles. The normalized spacial score (nSPS) is 12.0. The maximum Gasteiger partial charge on any atom is 0.0547 e. The van der Waals surface area contributed by atoms with E-state index in [4.69, 9.17) is 0 Å². The van der Waals surface area contributed by atoms with Crippen LogP contribution in [0.3, 0.4) is 0 Å². The van der Waals surface area contributed by atoms with Crippen LogP contribution < -0.4 is 0 Å². The molecular weight excluding hydrogens is 685 g/mol. The minimum absolute atomic E-state index is 1.17. The van der Waals surface area contributed by atoms with E-state index in [0.29, 0.717) is 0 Å². The zero-order chi connectivity index (χ0) is 36.0. The second kappa shape index (κ2) is 11.8. The maximum absolute atomic E-state index is 2.47. The molecule has 9 aromatic carbocycles. The van der Waals surface area contributed by atoms with Crippen LogP contribution in [-0.2, 0) is 0 Å². The monoisotopic (exact) mass is 716 g/mol. The zero-order valence-corrected chi connectivity index (χ0v) is 30.6. The van der Waals surface area contributed by atoms with Crippen molar-refractivity contribution in [1.82, 2.24) is 9.13 Å². The third-order valence-electron chi connectivity index (χ3n) is 11.5. The summed E-state index contributed by atoms with van der Waals surface area (Å²) < 4.78 is 7.52. The van der Waals surface area contributed by atoms with E-state index < -0.39 is 0 Å². The molecule has 0 fully saturated rings. The summed E-state index contributed by atoms with van der Waals surface area (Å²) in [4.78, 5) is 0. The fourth-order valence-corrected chi connectivity index (χ4v) is 10.3. The predicted molar refractivity (Wildman–Crippen MR) is 236 cm³/mol. The molecule has 0 amide bonds. The molecule has 0 unspecified atom stereocenters. The molecule has 3 heteroatoms. The molecule has 0 radical (unpaired) electrons. The number of thiophene rings is 1. The first-order valence-electron chi connectivity index (χ1n) is 18.9. The second-order valence-electron chi connectivity index (χ2n) is 14.5. The minimum atomic E-state index is 1.17. The molecule has 0 bridgehead atoms. The first-order chi connectivity index (χ1) is 27.3. The average Bonchev–Trinajstić information content (AvgIpc) is 3.91. The van der Waals surface area contributed by atoms with Crippen molar-refractivity contribution < 1.29 is 0 Å². The van der Waals surface area contributed by atoms with Crippen LogP contribution >= 0.6 is 11.3 Å². The van der Waals surface area contributed by atoms with Crippen molar-refractivity contribution >= 4 is 85.9 Å². The van der Waals surface area contributed by atoms with Gasteiger partial charge in [0, 0.05) is 52.8 Å². The van der Waals surface area contributed by atoms with Crippen LogP contribution in [-0.4, -0.2) is 9.13 Å². The summed E-state index contributed by atoms with van der Waals surface area (Å²) in [6, 6.07) is 71.4. The number of rotatable bonds is 4. The van der Waals surface area contributed by atoms with E-state index in [1.165, 1.54) is 108 Å². The van der Waals surface area contributed by atoms with Gasteiger partial charge in [-0.25, -0.2) is 0 Å². The lowest BCUT2D eigenvalue weighted by Gasteiger charge is -2.16. The zero-order valence-electron chi connectivity index (χ0n) is 29.8. The van der Waals surface area contributed by atoms with Crippen molar-refractivity contribution in [2.75, 3.05) is 0 Å². The third-order valence-corrected chi connectivity index (χ3v) is 12.7. The van der Waals surface area contributed by atoms with Gasteiger partial charge in [-0.2, -0.15) is 0 Å². The maximum atomic E-state index is 2.47. The molecule has 0 saturated carbocycles. The van der Waals surface area contributed by atoms with Gasteiger partial charge in [-0.3, -0.25) is 0 Å². The third kappa shape index (κ3) is 4.48. The molecule has 0 aliphatic heterocycles. The Morgan fingerprint density at radius 2 is 0.909 bits per heavy atom. The summed E-state index contributed by atoms with van der Waals surface area (Å²) in [6.45, 7) is 0. The SMILES string of the molecule is c1ccc(-n2c3ccccc3c3ccc(-c4ccc5c(c4)c4ccccc4n5-c4ccc(-c5cccc6sc7ccccc7c56)c5ccccc45)cc32)cc1. The standard InChI is InChI=1S/C52H32N2S/c1-2-13-35(14-3-1)53-45-21-9-6-17-39(45)41-27-25-34(32-49(41)53)33-26-29-48-44(31-33)40-18-7-10-22-46(40)54(48)47-30-28-37(36-15-4-5-16-38(36)47)42-20-12-24-51-52(42)43-19-8-11-23-50(43)55-51/h1-32H. The largest absolute Gasteiger partial charge is 0.309 e. The fraction of sp³-hybridized carbons (Fsp3) is 0. The van der Waals surface area contributed by atoms with Gasteiger partial charge < -0.3 is 9.13 Å². The van der Waals surface area contributed by atoms with Crippen LogP contribution in [0.25, 0.3) is 108 Å². The highest BCUT2D eigenvalue weighted by atomic mass is 32.1. The molecule has 0 aliphatic carbocycles. The number of aromatic nitrogens is 2. The Balaban J connectivity index is 1.06. The van der Waals surface area contributed by atoms with Crippen LogP contribution in [0.2, 0.25) is 0 Å². The van der Waals surface area contributed by atoms with E-state index in [2.05, 4.69) is 203 Å². The molecule has 0 spiro atoms. The van der Waals surface area contributed by atoms with Crippen molar-refractivity contribution in [2.45, 2.75) is 0 Å². The van der Waals surface area contributed by atoms with Gasteiger partial charge in [-0.15, -0.1) is 11.3 Å². The fourth-order valence-electron chi connectivity index (χ4n) is 9.13. The second-order valence-corrected chi connectivity index (χ2v) is 15.5. The molecule has 0 N–H and O–H groups in total. The minimum Gasteiger partial charge on any atom is -0.309 e. The highest BCUT2D eigenvalue weighted by molar-refractivity contribution is 7.25. The highest BCUT2D eigenvalue weighted by Crippen LogP contribution is 2.44. The van der Waals surface area contributed by atoms with Gasteiger partial charge in [0.15, 0.2) is 0 Å². The molecule has 0 atom stereocenters. The first kappa shape index (κ1) is 30.5. The Morgan fingerprint density at radius 1 is 0.309 bits per heavy atom. The molecule has 12 aromatic rings. The van der Waals surface area contributed by atoms with E-state index in [0.717, 1.165) is 0 Å². The topological polar surface area (TPSA) is 9.86 Å². The Bertz CT molecular complexity index is 3490. The van der Waals surface area contributed by atoms with Gasteiger partial charge in [-0.05, 0) is 88.3 Å². The van der Waals surface area contributed by atoms with Crippen molar-refractivity contribution in [1.29, 1.82) is 0 Å². The summed E-state index contributed by atoms with van der Waals surface area (Å²) in [6.07, 6.45) is 0. The van der Waals surface area contributed by atoms with Gasteiger partial charge in [-0.1, -0.05) is 133 Å². The number of hydrogen-bond acceptors (Lipinski definition) is 1. The molecular formula is C52H32N2S. The Hall–Kier alpha value is -6.94. The predicted octanol–water partition coefficient (Wildman–Crippen LogP) is 14.7. The molecule has 256 valence electrons. The van der Waals surface area contributed by atoms with Gasteiger partial charge >= 0.3 is 0 Å². The highest BCUT2D eigenvalue weighted by Gasteiger charge is 2.19. The lowest BCUT2D eigenvalue weighted by molar-refractivity contribution is 1.18. The number of benzene rings is 9. The molecule has 0 saturated heterocycles. The van der Waals surface area contributed by atoms with Crippen LogP contribution in [0.4, 0.5) is 0 Å². The molecule has 3 heterocycles. The molecule has 2 nitrogen and oxygen atoms in total. The van der Waals surface area contributed by atoms with Gasteiger partial charge in [0.25, 0.3) is 0 Å².